The molecule has 0 aliphatic heterocycles. The van der Waals surface area contributed by atoms with Crippen molar-refractivity contribution in [2.24, 2.45) is 5.41 Å². The molecule has 176 valence electrons. The number of carbonyl (C=O) groups is 1. The largest absolute Gasteiger partial charge is 0.491 e. The first-order valence-electron chi connectivity index (χ1n) is 11.5. The van der Waals surface area contributed by atoms with E-state index < -0.39 is 5.97 Å². The Morgan fingerprint density at radius 2 is 1.74 bits per heavy atom. The number of aromatic nitrogens is 4. The second-order valence-corrected chi connectivity index (χ2v) is 9.82. The molecule has 0 aliphatic carbocycles. The molecular formula is C27H30N4O3. The van der Waals surface area contributed by atoms with E-state index in [0.717, 1.165) is 41.9 Å². The van der Waals surface area contributed by atoms with Crippen LogP contribution in [0.3, 0.4) is 0 Å². The molecule has 2 N–H and O–H groups in total. The Labute approximate surface area is 199 Å². The summed E-state index contributed by atoms with van der Waals surface area (Å²) in [5, 5.41) is 28.3. The van der Waals surface area contributed by atoms with Gasteiger partial charge in [0, 0.05) is 13.0 Å². The molecule has 0 bridgehead atoms. The minimum atomic E-state index is -0.948. The van der Waals surface area contributed by atoms with E-state index in [2.05, 4.69) is 37.9 Å². The van der Waals surface area contributed by atoms with Gasteiger partial charge in [0.25, 0.3) is 5.88 Å². The summed E-state index contributed by atoms with van der Waals surface area (Å²) in [6.45, 7) is 9.07. The highest BCUT2D eigenvalue weighted by Crippen LogP contribution is 2.31. The summed E-state index contributed by atoms with van der Waals surface area (Å²) in [6, 6.07) is 14.8. The SMILES string of the molecule is CCCc1nnc(O)c2c1nc(CC(C)(C)C)n2Cc1ccc(-c2ccccc2C(=O)O)cc1. The lowest BCUT2D eigenvalue weighted by Gasteiger charge is -2.19. The average molecular weight is 459 g/mol. The van der Waals surface area contributed by atoms with Crippen LogP contribution in [0.4, 0.5) is 0 Å². The van der Waals surface area contributed by atoms with Crippen molar-refractivity contribution < 1.29 is 15.0 Å². The molecule has 2 aromatic carbocycles. The Bertz CT molecular complexity index is 1330. The minimum Gasteiger partial charge on any atom is -0.491 e. The van der Waals surface area contributed by atoms with Gasteiger partial charge in [-0.2, -0.15) is 0 Å². The fraction of sp³-hybridized carbons (Fsp3) is 0.333. The molecule has 4 aromatic rings. The number of carboxylic acids is 1. The number of aromatic carboxylic acids is 1. The molecule has 0 atom stereocenters. The molecule has 4 rings (SSSR count). The molecule has 0 saturated carbocycles. The molecule has 0 fully saturated rings. The van der Waals surface area contributed by atoms with Crippen LogP contribution in [0.25, 0.3) is 22.2 Å². The van der Waals surface area contributed by atoms with Gasteiger partial charge in [-0.15, -0.1) is 10.2 Å². The van der Waals surface area contributed by atoms with Gasteiger partial charge in [-0.05, 0) is 34.6 Å². The van der Waals surface area contributed by atoms with E-state index >= 15 is 0 Å². The van der Waals surface area contributed by atoms with E-state index in [1.54, 1.807) is 12.1 Å². The van der Waals surface area contributed by atoms with Gasteiger partial charge in [-0.1, -0.05) is 76.6 Å². The highest BCUT2D eigenvalue weighted by molar-refractivity contribution is 5.96. The Morgan fingerprint density at radius 1 is 1.03 bits per heavy atom. The lowest BCUT2D eigenvalue weighted by atomic mass is 9.92. The van der Waals surface area contributed by atoms with E-state index in [9.17, 15) is 15.0 Å². The van der Waals surface area contributed by atoms with Gasteiger partial charge in [0.15, 0.2) is 0 Å². The van der Waals surface area contributed by atoms with Crippen LogP contribution in [0, 0.1) is 5.41 Å². The zero-order valence-corrected chi connectivity index (χ0v) is 20.0. The lowest BCUT2D eigenvalue weighted by molar-refractivity contribution is 0.0697. The highest BCUT2D eigenvalue weighted by atomic mass is 16.4. The first-order valence-corrected chi connectivity index (χ1v) is 11.5. The topological polar surface area (TPSA) is 101 Å². The van der Waals surface area contributed by atoms with Gasteiger partial charge in [0.2, 0.25) is 0 Å². The maximum absolute atomic E-state index is 11.6. The van der Waals surface area contributed by atoms with E-state index in [1.165, 1.54) is 0 Å². The number of rotatable bonds is 7. The zero-order valence-electron chi connectivity index (χ0n) is 20.0. The van der Waals surface area contributed by atoms with Crippen molar-refractivity contribution in [1.29, 1.82) is 0 Å². The molecule has 2 aromatic heterocycles. The van der Waals surface area contributed by atoms with Crippen LogP contribution in [-0.4, -0.2) is 35.9 Å². The minimum absolute atomic E-state index is 0.00488. The summed E-state index contributed by atoms with van der Waals surface area (Å²) in [5.41, 5.74) is 4.93. The molecule has 0 spiro atoms. The molecule has 0 amide bonds. The van der Waals surface area contributed by atoms with Gasteiger partial charge in [-0.25, -0.2) is 9.78 Å². The van der Waals surface area contributed by atoms with Gasteiger partial charge in [0.1, 0.15) is 16.9 Å². The third-order valence-corrected chi connectivity index (χ3v) is 5.74. The molecule has 0 unspecified atom stereocenters. The molecule has 34 heavy (non-hydrogen) atoms. The fourth-order valence-corrected chi connectivity index (χ4v) is 4.21. The number of nitrogens with zero attached hydrogens (tertiary/aromatic N) is 4. The molecule has 7 heteroatoms. The predicted octanol–water partition coefficient (Wildman–Crippen LogP) is 5.49. The molecule has 0 saturated heterocycles. The maximum atomic E-state index is 11.6. The van der Waals surface area contributed by atoms with Gasteiger partial charge in [-0.3, -0.25) is 0 Å². The number of fused-ring (bicyclic) bond motifs is 1. The number of imidazole rings is 1. The van der Waals surface area contributed by atoms with Gasteiger partial charge in [0.05, 0.1) is 11.3 Å². The maximum Gasteiger partial charge on any atom is 0.336 e. The Kier molecular flexibility index (Phi) is 6.37. The third-order valence-electron chi connectivity index (χ3n) is 5.74. The van der Waals surface area contributed by atoms with Crippen molar-refractivity contribution in [2.45, 2.75) is 53.5 Å². The van der Waals surface area contributed by atoms with Crippen molar-refractivity contribution in [3.8, 4) is 17.0 Å². The summed E-state index contributed by atoms with van der Waals surface area (Å²) in [5.74, 6) is -0.185. The molecule has 0 radical (unpaired) electrons. The zero-order chi connectivity index (χ0) is 24.5. The monoisotopic (exact) mass is 458 g/mol. The third kappa shape index (κ3) is 4.78. The first kappa shape index (κ1) is 23.4. The number of benzene rings is 2. The summed E-state index contributed by atoms with van der Waals surface area (Å²) in [4.78, 5) is 16.5. The van der Waals surface area contributed by atoms with Crippen molar-refractivity contribution >= 4 is 17.0 Å². The van der Waals surface area contributed by atoms with E-state index in [0.29, 0.717) is 23.1 Å². The molecule has 0 aliphatic rings. The molecule has 7 nitrogen and oxygen atoms in total. The van der Waals surface area contributed by atoms with Crippen LogP contribution < -0.4 is 0 Å². The first-order chi connectivity index (χ1) is 16.2. The van der Waals surface area contributed by atoms with Crippen LogP contribution in [0.2, 0.25) is 0 Å². The fourth-order valence-electron chi connectivity index (χ4n) is 4.21. The summed E-state index contributed by atoms with van der Waals surface area (Å²) in [6.07, 6.45) is 2.39. The van der Waals surface area contributed by atoms with E-state index in [4.69, 9.17) is 4.98 Å². The smallest absolute Gasteiger partial charge is 0.336 e. The summed E-state index contributed by atoms with van der Waals surface area (Å²) in [7, 11) is 0. The number of aromatic hydroxyl groups is 1. The van der Waals surface area contributed by atoms with Crippen molar-refractivity contribution in [3.63, 3.8) is 0 Å². The Balaban J connectivity index is 1.76. The molecular weight excluding hydrogens is 428 g/mol. The normalized spacial score (nSPS) is 11.8. The van der Waals surface area contributed by atoms with E-state index in [1.807, 2.05) is 41.0 Å². The summed E-state index contributed by atoms with van der Waals surface area (Å²) < 4.78 is 2.03. The molecule has 2 heterocycles. The predicted molar refractivity (Wildman–Crippen MR) is 132 cm³/mol. The van der Waals surface area contributed by atoms with Crippen LogP contribution >= 0.6 is 0 Å². The van der Waals surface area contributed by atoms with Crippen LogP contribution in [0.1, 0.15) is 61.6 Å². The Morgan fingerprint density at radius 3 is 2.38 bits per heavy atom. The van der Waals surface area contributed by atoms with Crippen LogP contribution in [-0.2, 0) is 19.4 Å². The average Bonchev–Trinajstić information content (AvgIpc) is 3.13. The second kappa shape index (κ2) is 9.25. The van der Waals surface area contributed by atoms with Gasteiger partial charge >= 0.3 is 5.97 Å². The van der Waals surface area contributed by atoms with Crippen LogP contribution in [0.15, 0.2) is 48.5 Å². The standard InChI is InChI=1S/C27H30N4O3/c1-5-8-21-23-24(25(32)30-29-21)31(22(28-23)15-27(2,3)4)16-17-11-13-18(14-12-17)19-9-6-7-10-20(19)26(33)34/h6-7,9-14H,5,8,15-16H2,1-4H3,(H,30,32)(H,33,34). The quantitative estimate of drug-likeness (QED) is 0.380. The Hall–Kier alpha value is -3.74. The number of carboxylic acid groups (broad SMARTS) is 1. The van der Waals surface area contributed by atoms with Crippen LogP contribution in [0.5, 0.6) is 5.88 Å². The lowest BCUT2D eigenvalue weighted by Crippen LogP contribution is -2.15. The van der Waals surface area contributed by atoms with E-state index in [-0.39, 0.29) is 16.9 Å². The van der Waals surface area contributed by atoms with Crippen molar-refractivity contribution in [1.82, 2.24) is 19.7 Å². The highest BCUT2D eigenvalue weighted by Gasteiger charge is 2.23. The number of hydrogen-bond acceptors (Lipinski definition) is 5. The number of hydrogen-bond donors (Lipinski definition) is 2. The number of aryl methyl sites for hydroxylation is 1. The summed E-state index contributed by atoms with van der Waals surface area (Å²) >= 11 is 0. The van der Waals surface area contributed by atoms with Crippen molar-refractivity contribution in [3.05, 3.63) is 71.2 Å². The van der Waals surface area contributed by atoms with Gasteiger partial charge < -0.3 is 14.8 Å². The second-order valence-electron chi connectivity index (χ2n) is 9.82. The van der Waals surface area contributed by atoms with Crippen molar-refractivity contribution in [2.75, 3.05) is 0 Å².